The lowest BCUT2D eigenvalue weighted by atomic mass is 9.93. The van der Waals surface area contributed by atoms with Crippen LogP contribution in [0.25, 0.3) is 22.0 Å². The number of rotatable bonds is 6. The van der Waals surface area contributed by atoms with E-state index in [2.05, 4.69) is 10.3 Å². The summed E-state index contributed by atoms with van der Waals surface area (Å²) in [5.41, 5.74) is 2.11. The van der Waals surface area contributed by atoms with Gasteiger partial charge in [0, 0.05) is 10.9 Å². The highest BCUT2D eigenvalue weighted by molar-refractivity contribution is 5.90. The molecule has 1 aromatic heterocycles. The fourth-order valence-electron chi connectivity index (χ4n) is 3.83. The average molecular weight is 392 g/mol. The summed E-state index contributed by atoms with van der Waals surface area (Å²) in [5.74, 6) is 0.274. The molecule has 0 radical (unpaired) electrons. The van der Waals surface area contributed by atoms with E-state index < -0.39 is 0 Å². The maximum Gasteiger partial charge on any atom is 0.256 e. The SMILES string of the molecule is CCCOc1ccccc1-c1cc2ccc([C@H]3CC(CO)NC3=O)cc2c(=O)[nH]1. The number of aromatic nitrogens is 1. The molecule has 1 amide bonds. The predicted octanol–water partition coefficient (Wildman–Crippen LogP) is 2.95. The Bertz CT molecular complexity index is 1110. The van der Waals surface area contributed by atoms with Gasteiger partial charge in [0.2, 0.25) is 5.91 Å². The zero-order chi connectivity index (χ0) is 20.4. The molecule has 2 atom stereocenters. The number of hydrogen-bond donors (Lipinski definition) is 3. The summed E-state index contributed by atoms with van der Waals surface area (Å²) >= 11 is 0. The van der Waals surface area contributed by atoms with Crippen LogP contribution in [0.1, 0.15) is 31.2 Å². The first kappa shape index (κ1) is 19.2. The molecule has 0 saturated carbocycles. The molecular weight excluding hydrogens is 368 g/mol. The van der Waals surface area contributed by atoms with Crippen LogP contribution >= 0.6 is 0 Å². The lowest BCUT2D eigenvalue weighted by Crippen LogP contribution is -2.28. The predicted molar refractivity (Wildman–Crippen MR) is 112 cm³/mol. The highest BCUT2D eigenvalue weighted by Crippen LogP contribution is 2.32. The third kappa shape index (κ3) is 3.76. The molecule has 1 fully saturated rings. The number of benzene rings is 2. The van der Waals surface area contributed by atoms with E-state index in [1.165, 1.54) is 0 Å². The van der Waals surface area contributed by atoms with Gasteiger partial charge in [-0.25, -0.2) is 0 Å². The van der Waals surface area contributed by atoms with Gasteiger partial charge in [-0.05, 0) is 48.1 Å². The zero-order valence-corrected chi connectivity index (χ0v) is 16.3. The summed E-state index contributed by atoms with van der Waals surface area (Å²) in [6, 6.07) is 14.9. The number of amides is 1. The number of hydrogen-bond acceptors (Lipinski definition) is 4. The minimum absolute atomic E-state index is 0.0841. The molecule has 1 saturated heterocycles. The molecule has 0 spiro atoms. The van der Waals surface area contributed by atoms with Gasteiger partial charge < -0.3 is 20.1 Å². The lowest BCUT2D eigenvalue weighted by molar-refractivity contribution is -0.120. The van der Waals surface area contributed by atoms with Crippen molar-refractivity contribution in [3.8, 4) is 17.0 Å². The number of nitrogens with one attached hydrogen (secondary N) is 2. The molecule has 29 heavy (non-hydrogen) atoms. The fourth-order valence-corrected chi connectivity index (χ4v) is 3.83. The summed E-state index contributed by atoms with van der Waals surface area (Å²) in [6.45, 7) is 2.57. The van der Waals surface area contributed by atoms with Crippen molar-refractivity contribution < 1.29 is 14.6 Å². The van der Waals surface area contributed by atoms with Crippen LogP contribution in [0.4, 0.5) is 0 Å². The summed E-state index contributed by atoms with van der Waals surface area (Å²) in [5, 5.41) is 13.4. The minimum atomic E-state index is -0.348. The number of aliphatic hydroxyl groups excluding tert-OH is 1. The van der Waals surface area contributed by atoms with Gasteiger partial charge in [0.05, 0.1) is 30.9 Å². The van der Waals surface area contributed by atoms with Crippen LogP contribution in [-0.4, -0.2) is 35.3 Å². The molecule has 1 unspecified atom stereocenters. The van der Waals surface area contributed by atoms with E-state index in [1.807, 2.05) is 49.4 Å². The number of H-pyrrole nitrogens is 1. The van der Waals surface area contributed by atoms with Crippen LogP contribution in [0, 0.1) is 0 Å². The number of aliphatic hydroxyl groups is 1. The number of carbonyl (C=O) groups is 1. The molecule has 6 heteroatoms. The molecule has 1 aliphatic heterocycles. The van der Waals surface area contributed by atoms with E-state index >= 15 is 0 Å². The van der Waals surface area contributed by atoms with Gasteiger partial charge in [-0.3, -0.25) is 9.59 Å². The molecule has 0 aliphatic carbocycles. The Morgan fingerprint density at radius 2 is 1.97 bits per heavy atom. The van der Waals surface area contributed by atoms with Gasteiger partial charge in [-0.1, -0.05) is 31.2 Å². The maximum atomic E-state index is 12.8. The quantitative estimate of drug-likeness (QED) is 0.601. The maximum absolute atomic E-state index is 12.8. The van der Waals surface area contributed by atoms with Crippen LogP contribution in [0.5, 0.6) is 5.75 Å². The van der Waals surface area contributed by atoms with E-state index in [4.69, 9.17) is 4.74 Å². The molecule has 4 rings (SSSR count). The van der Waals surface area contributed by atoms with Crippen LogP contribution in [0.2, 0.25) is 0 Å². The number of fused-ring (bicyclic) bond motifs is 1. The van der Waals surface area contributed by atoms with Crippen LogP contribution in [0.15, 0.2) is 53.3 Å². The Morgan fingerprint density at radius 3 is 2.72 bits per heavy atom. The van der Waals surface area contributed by atoms with Gasteiger partial charge >= 0.3 is 0 Å². The number of pyridine rings is 1. The topological polar surface area (TPSA) is 91.4 Å². The largest absolute Gasteiger partial charge is 0.493 e. The van der Waals surface area contributed by atoms with E-state index in [9.17, 15) is 14.7 Å². The molecule has 2 heterocycles. The Balaban J connectivity index is 1.73. The first-order valence-corrected chi connectivity index (χ1v) is 9.91. The van der Waals surface area contributed by atoms with Crippen molar-refractivity contribution in [1.29, 1.82) is 0 Å². The molecule has 6 nitrogen and oxygen atoms in total. The van der Waals surface area contributed by atoms with Gasteiger partial charge in [-0.15, -0.1) is 0 Å². The molecule has 1 aliphatic rings. The van der Waals surface area contributed by atoms with E-state index in [0.717, 1.165) is 28.7 Å². The molecule has 150 valence electrons. The van der Waals surface area contributed by atoms with Gasteiger partial charge in [0.1, 0.15) is 5.75 Å². The molecule has 0 bridgehead atoms. The molecule has 3 aromatic rings. The van der Waals surface area contributed by atoms with Gasteiger partial charge in [-0.2, -0.15) is 0 Å². The van der Waals surface area contributed by atoms with Gasteiger partial charge in [0.15, 0.2) is 0 Å². The van der Waals surface area contributed by atoms with Crippen molar-refractivity contribution in [3.63, 3.8) is 0 Å². The number of carbonyl (C=O) groups excluding carboxylic acids is 1. The monoisotopic (exact) mass is 392 g/mol. The Hall–Kier alpha value is -3.12. The molecule has 3 N–H and O–H groups in total. The van der Waals surface area contributed by atoms with Crippen LogP contribution in [-0.2, 0) is 4.79 Å². The lowest BCUT2D eigenvalue weighted by Gasteiger charge is -2.12. The Morgan fingerprint density at radius 1 is 1.14 bits per heavy atom. The second-order valence-electron chi connectivity index (χ2n) is 7.38. The number of para-hydroxylation sites is 1. The van der Waals surface area contributed by atoms with Gasteiger partial charge in [0.25, 0.3) is 5.56 Å². The van der Waals surface area contributed by atoms with Crippen molar-refractivity contribution in [2.24, 2.45) is 0 Å². The zero-order valence-electron chi connectivity index (χ0n) is 16.3. The number of ether oxygens (including phenoxy) is 1. The Labute approximate surface area is 168 Å². The van der Waals surface area contributed by atoms with E-state index in [-0.39, 0.29) is 30.0 Å². The van der Waals surface area contributed by atoms with Crippen molar-refractivity contribution in [2.75, 3.05) is 13.2 Å². The normalized spacial score (nSPS) is 18.8. The smallest absolute Gasteiger partial charge is 0.256 e. The Kier molecular flexibility index (Phi) is 5.36. The van der Waals surface area contributed by atoms with Crippen LogP contribution in [0.3, 0.4) is 0 Å². The van der Waals surface area contributed by atoms with Crippen molar-refractivity contribution in [2.45, 2.75) is 31.7 Å². The van der Waals surface area contributed by atoms with Crippen LogP contribution < -0.4 is 15.6 Å². The molecular formula is C23H24N2O4. The summed E-state index contributed by atoms with van der Waals surface area (Å²) in [7, 11) is 0. The van der Waals surface area contributed by atoms with Crippen molar-refractivity contribution in [3.05, 3.63) is 64.4 Å². The third-order valence-corrected chi connectivity index (χ3v) is 5.31. The second kappa shape index (κ2) is 8.09. The summed E-state index contributed by atoms with van der Waals surface area (Å²) < 4.78 is 5.82. The van der Waals surface area contributed by atoms with E-state index in [0.29, 0.717) is 24.1 Å². The summed E-state index contributed by atoms with van der Waals surface area (Å²) in [6.07, 6.45) is 1.43. The first-order valence-electron chi connectivity index (χ1n) is 9.91. The minimum Gasteiger partial charge on any atom is -0.493 e. The molecule has 2 aromatic carbocycles. The standard InChI is InChI=1S/C23H24N2O4/c1-2-9-29-21-6-4-3-5-17(21)20-11-15-8-7-14(10-18(15)23(28)25-20)19-12-16(13-26)24-22(19)27/h3-8,10-11,16,19,26H,2,9,12-13H2,1H3,(H,24,27)(H,25,28)/t16?,19-/m1/s1. The van der Waals surface area contributed by atoms with Crippen molar-refractivity contribution in [1.82, 2.24) is 10.3 Å². The fraction of sp³-hybridized carbons (Fsp3) is 0.304. The second-order valence-corrected chi connectivity index (χ2v) is 7.38. The average Bonchev–Trinajstić information content (AvgIpc) is 3.13. The number of aromatic amines is 1. The third-order valence-electron chi connectivity index (χ3n) is 5.31. The first-order chi connectivity index (χ1) is 14.1. The highest BCUT2D eigenvalue weighted by Gasteiger charge is 2.32. The summed E-state index contributed by atoms with van der Waals surface area (Å²) in [4.78, 5) is 28.0. The van der Waals surface area contributed by atoms with E-state index in [1.54, 1.807) is 6.07 Å². The highest BCUT2D eigenvalue weighted by atomic mass is 16.5. The van der Waals surface area contributed by atoms with Crippen molar-refractivity contribution >= 4 is 16.7 Å².